The van der Waals surface area contributed by atoms with E-state index in [1.54, 1.807) is 6.07 Å². The largest absolute Gasteiger partial charge is 0.495 e. The molecule has 162 valence electrons. The number of urea groups is 1. The van der Waals surface area contributed by atoms with Crippen molar-refractivity contribution in [1.82, 2.24) is 15.5 Å². The Kier molecular flexibility index (Phi) is 7.63. The quantitative estimate of drug-likeness (QED) is 0.471. The Morgan fingerprint density at radius 3 is 2.48 bits per heavy atom. The van der Waals surface area contributed by atoms with E-state index in [-0.39, 0.29) is 17.5 Å². The molecule has 3 amide bonds. The second kappa shape index (κ2) is 10.6. The average Bonchev–Trinajstić information content (AvgIpc) is 3.19. The molecule has 2 aromatic carbocycles. The van der Waals surface area contributed by atoms with E-state index in [1.807, 2.05) is 30.3 Å². The first-order chi connectivity index (χ1) is 15.0. The van der Waals surface area contributed by atoms with Gasteiger partial charge in [-0.1, -0.05) is 53.3 Å². The van der Waals surface area contributed by atoms with Gasteiger partial charge >= 0.3 is 6.03 Å². The van der Waals surface area contributed by atoms with E-state index in [0.717, 1.165) is 16.9 Å². The van der Waals surface area contributed by atoms with Gasteiger partial charge in [-0.15, -0.1) is 10.2 Å². The summed E-state index contributed by atoms with van der Waals surface area (Å²) < 4.78 is 10.4. The zero-order chi connectivity index (χ0) is 22.2. The Hall–Kier alpha value is -3.37. The molecule has 0 aliphatic carbocycles. The van der Waals surface area contributed by atoms with Gasteiger partial charge in [0.2, 0.25) is 11.0 Å². The maximum atomic E-state index is 12.3. The van der Waals surface area contributed by atoms with Gasteiger partial charge in [0.25, 0.3) is 0 Å². The summed E-state index contributed by atoms with van der Waals surface area (Å²) in [5, 5.41) is 16.9. The van der Waals surface area contributed by atoms with Gasteiger partial charge in [0.05, 0.1) is 31.4 Å². The monoisotopic (exact) mass is 461 g/mol. The van der Waals surface area contributed by atoms with E-state index in [0.29, 0.717) is 33.8 Å². The van der Waals surface area contributed by atoms with Crippen molar-refractivity contribution < 1.29 is 19.1 Å². The van der Waals surface area contributed by atoms with Crippen LogP contribution in [-0.4, -0.2) is 36.4 Å². The number of hydrogen-bond acceptors (Lipinski definition) is 7. The van der Waals surface area contributed by atoms with Crippen molar-refractivity contribution in [3.8, 4) is 11.5 Å². The molecule has 0 aliphatic rings. The molecule has 3 aromatic rings. The third-order valence-corrected chi connectivity index (χ3v) is 5.19. The Bertz CT molecular complexity index is 1060. The first-order valence-electron chi connectivity index (χ1n) is 9.11. The van der Waals surface area contributed by atoms with Gasteiger partial charge < -0.3 is 20.1 Å². The van der Waals surface area contributed by atoms with Gasteiger partial charge in [-0.25, -0.2) is 4.79 Å². The number of halogens is 1. The summed E-state index contributed by atoms with van der Waals surface area (Å²) in [6, 6.07) is 12.1. The number of aromatic nitrogens is 2. The van der Waals surface area contributed by atoms with Crippen LogP contribution in [0.5, 0.6) is 11.5 Å². The molecule has 1 heterocycles. The number of carbonyl (C=O) groups excluding carboxylic acids is 2. The highest BCUT2D eigenvalue weighted by Crippen LogP contribution is 2.36. The number of ether oxygens (including phenoxy) is 2. The molecule has 0 fully saturated rings. The summed E-state index contributed by atoms with van der Waals surface area (Å²) in [4.78, 5) is 24.4. The second-order valence-corrected chi connectivity index (χ2v) is 7.68. The third kappa shape index (κ3) is 6.30. The molecule has 31 heavy (non-hydrogen) atoms. The van der Waals surface area contributed by atoms with Crippen LogP contribution in [0.2, 0.25) is 5.02 Å². The van der Waals surface area contributed by atoms with Crippen LogP contribution in [0.1, 0.15) is 10.6 Å². The summed E-state index contributed by atoms with van der Waals surface area (Å²) in [6.45, 7) is 0.429. The van der Waals surface area contributed by atoms with Crippen LogP contribution in [0.15, 0.2) is 42.5 Å². The van der Waals surface area contributed by atoms with E-state index >= 15 is 0 Å². The summed E-state index contributed by atoms with van der Waals surface area (Å²) in [6.07, 6.45) is 0.0652. The number of methoxy groups -OCH3 is 2. The van der Waals surface area contributed by atoms with Crippen molar-refractivity contribution in [2.24, 2.45) is 0 Å². The minimum absolute atomic E-state index is 0.0652. The van der Waals surface area contributed by atoms with Crippen molar-refractivity contribution in [1.29, 1.82) is 0 Å². The normalized spacial score (nSPS) is 10.3. The van der Waals surface area contributed by atoms with E-state index in [1.165, 1.54) is 20.3 Å². The minimum atomic E-state index is -0.559. The molecule has 0 spiro atoms. The molecule has 9 nitrogen and oxygen atoms in total. The van der Waals surface area contributed by atoms with Crippen LogP contribution in [0, 0.1) is 0 Å². The molecular formula is C20H20ClN5O4S. The van der Waals surface area contributed by atoms with Crippen molar-refractivity contribution in [3.63, 3.8) is 0 Å². The number of anilines is 2. The van der Waals surface area contributed by atoms with E-state index in [2.05, 4.69) is 26.1 Å². The summed E-state index contributed by atoms with van der Waals surface area (Å²) in [5.74, 6) is 0.613. The SMILES string of the molecule is COc1cc(OC)c(NC(=O)Nc2nnc(CC(=O)NCc3ccccc3)s2)cc1Cl. The maximum absolute atomic E-state index is 12.3. The molecule has 0 radical (unpaired) electrons. The number of amides is 3. The van der Waals surface area contributed by atoms with Gasteiger partial charge in [-0.3, -0.25) is 10.1 Å². The molecule has 0 atom stereocenters. The van der Waals surface area contributed by atoms with Crippen LogP contribution < -0.4 is 25.4 Å². The first-order valence-corrected chi connectivity index (χ1v) is 10.3. The van der Waals surface area contributed by atoms with Crippen molar-refractivity contribution >= 4 is 45.7 Å². The van der Waals surface area contributed by atoms with Gasteiger partial charge in [0, 0.05) is 12.6 Å². The Morgan fingerprint density at radius 2 is 1.77 bits per heavy atom. The average molecular weight is 462 g/mol. The molecule has 0 aliphatic heterocycles. The summed E-state index contributed by atoms with van der Waals surface area (Å²) in [5.41, 5.74) is 1.36. The molecular weight excluding hydrogens is 442 g/mol. The fraction of sp³-hybridized carbons (Fsp3) is 0.200. The Labute approximate surface area is 187 Å². The summed E-state index contributed by atoms with van der Waals surface area (Å²) >= 11 is 7.22. The fourth-order valence-corrected chi connectivity index (χ4v) is 3.55. The van der Waals surface area contributed by atoms with Gasteiger partial charge in [-0.2, -0.15) is 0 Å². The lowest BCUT2D eigenvalue weighted by Gasteiger charge is -2.12. The highest BCUT2D eigenvalue weighted by atomic mass is 35.5. The van der Waals surface area contributed by atoms with E-state index in [4.69, 9.17) is 21.1 Å². The topological polar surface area (TPSA) is 114 Å². The highest BCUT2D eigenvalue weighted by molar-refractivity contribution is 7.15. The van der Waals surface area contributed by atoms with Crippen LogP contribution in [0.4, 0.5) is 15.6 Å². The van der Waals surface area contributed by atoms with Crippen LogP contribution in [0.3, 0.4) is 0 Å². The summed E-state index contributed by atoms with van der Waals surface area (Å²) in [7, 11) is 2.95. The van der Waals surface area contributed by atoms with Gasteiger partial charge in [0.15, 0.2) is 0 Å². The number of carbonyl (C=O) groups is 2. The zero-order valence-electron chi connectivity index (χ0n) is 16.8. The lowest BCUT2D eigenvalue weighted by Crippen LogP contribution is -2.24. The number of rotatable bonds is 8. The molecule has 3 N–H and O–H groups in total. The predicted octanol–water partition coefficient (Wildman–Crippen LogP) is 3.71. The van der Waals surface area contributed by atoms with Crippen LogP contribution in [-0.2, 0) is 17.8 Å². The number of nitrogens with one attached hydrogen (secondary N) is 3. The first kappa shape index (κ1) is 22.3. The second-order valence-electron chi connectivity index (χ2n) is 6.21. The standard InChI is InChI=1S/C20H20ClN5O4S/c1-29-15-9-16(30-2)14(8-13(15)21)23-19(28)24-20-26-25-18(31-20)10-17(27)22-11-12-6-4-3-5-7-12/h3-9H,10-11H2,1-2H3,(H,22,27)(H2,23,24,26,28). The number of hydrogen-bond donors (Lipinski definition) is 3. The van der Waals surface area contributed by atoms with Crippen LogP contribution in [0.25, 0.3) is 0 Å². The van der Waals surface area contributed by atoms with E-state index < -0.39 is 6.03 Å². The van der Waals surface area contributed by atoms with Crippen LogP contribution >= 0.6 is 22.9 Å². The molecule has 0 saturated carbocycles. The maximum Gasteiger partial charge on any atom is 0.325 e. The van der Waals surface area contributed by atoms with Crippen molar-refractivity contribution in [3.05, 3.63) is 58.1 Å². The molecule has 0 bridgehead atoms. The zero-order valence-corrected chi connectivity index (χ0v) is 18.3. The predicted molar refractivity (Wildman–Crippen MR) is 119 cm³/mol. The fourth-order valence-electron chi connectivity index (χ4n) is 2.58. The van der Waals surface area contributed by atoms with Crippen molar-refractivity contribution in [2.75, 3.05) is 24.9 Å². The lowest BCUT2D eigenvalue weighted by atomic mass is 10.2. The smallest absolute Gasteiger partial charge is 0.325 e. The lowest BCUT2D eigenvalue weighted by molar-refractivity contribution is -0.120. The Morgan fingerprint density at radius 1 is 1.03 bits per heavy atom. The molecule has 1 aromatic heterocycles. The minimum Gasteiger partial charge on any atom is -0.495 e. The van der Waals surface area contributed by atoms with E-state index in [9.17, 15) is 9.59 Å². The van der Waals surface area contributed by atoms with Gasteiger partial charge in [0.1, 0.15) is 16.5 Å². The molecule has 11 heteroatoms. The highest BCUT2D eigenvalue weighted by Gasteiger charge is 2.15. The third-order valence-electron chi connectivity index (χ3n) is 4.05. The molecule has 0 saturated heterocycles. The Balaban J connectivity index is 1.54. The number of benzene rings is 2. The van der Waals surface area contributed by atoms with Crippen molar-refractivity contribution in [2.45, 2.75) is 13.0 Å². The van der Waals surface area contributed by atoms with Gasteiger partial charge in [-0.05, 0) is 11.6 Å². The molecule has 3 rings (SSSR count). The molecule has 0 unspecified atom stereocenters. The number of nitrogens with zero attached hydrogens (tertiary/aromatic N) is 2.